The topological polar surface area (TPSA) is 20.2 Å². The predicted octanol–water partition coefficient (Wildman–Crippen LogP) is 2.30. The number of alkyl halides is 2. The number of fused-ring (bicyclic) bond motifs is 1. The van der Waals surface area contributed by atoms with Crippen LogP contribution in [0.25, 0.3) is 0 Å². The average molecular weight is 184 g/mol. The largest absolute Gasteiger partial charge is 0.382 e. The number of halogens is 2. The number of benzene rings is 1. The Hall–Kier alpha value is -0.960. The highest BCUT2D eigenvalue weighted by Gasteiger charge is 2.42. The molecule has 0 spiro atoms. The van der Waals surface area contributed by atoms with Crippen LogP contribution in [-0.2, 0) is 6.42 Å². The van der Waals surface area contributed by atoms with Crippen LogP contribution >= 0.6 is 0 Å². The van der Waals surface area contributed by atoms with E-state index >= 15 is 0 Å². The smallest absolute Gasteiger partial charge is 0.277 e. The second-order valence-electron chi connectivity index (χ2n) is 3.36. The van der Waals surface area contributed by atoms with Crippen LogP contribution in [0.3, 0.4) is 0 Å². The van der Waals surface area contributed by atoms with Crippen molar-refractivity contribution >= 4 is 0 Å². The molecule has 1 nitrogen and oxygen atoms in total. The van der Waals surface area contributed by atoms with Gasteiger partial charge < -0.3 is 5.11 Å². The Bertz CT molecular complexity index is 322. The fraction of sp³-hybridized carbons (Fsp3) is 0.400. The van der Waals surface area contributed by atoms with E-state index in [1.807, 2.05) is 0 Å². The van der Waals surface area contributed by atoms with Crippen molar-refractivity contribution in [2.24, 2.45) is 0 Å². The molecule has 1 aromatic rings. The van der Waals surface area contributed by atoms with E-state index in [9.17, 15) is 13.9 Å². The maximum Gasteiger partial charge on any atom is 0.277 e. The minimum atomic E-state index is -2.96. The predicted molar refractivity (Wildman–Crippen MR) is 44.7 cm³/mol. The summed E-state index contributed by atoms with van der Waals surface area (Å²) in [5, 5.41) is 9.34. The lowest BCUT2D eigenvalue weighted by Crippen LogP contribution is -2.31. The fourth-order valence-electron chi connectivity index (χ4n) is 1.69. The first kappa shape index (κ1) is 8.63. The monoisotopic (exact) mass is 184 g/mol. The van der Waals surface area contributed by atoms with Crippen molar-refractivity contribution in [2.75, 3.05) is 0 Å². The van der Waals surface area contributed by atoms with Crippen molar-refractivity contribution in [3.05, 3.63) is 35.4 Å². The zero-order chi connectivity index (χ0) is 9.47. The molecule has 1 aliphatic carbocycles. The lowest BCUT2D eigenvalue weighted by molar-refractivity contribution is -0.121. The molecule has 0 radical (unpaired) electrons. The Balaban J connectivity index is 2.45. The maximum absolute atomic E-state index is 13.0. The van der Waals surface area contributed by atoms with E-state index in [1.165, 1.54) is 0 Å². The number of aliphatic hydroxyl groups excluding tert-OH is 1. The summed E-state index contributed by atoms with van der Waals surface area (Å²) >= 11 is 0. The van der Waals surface area contributed by atoms with Crippen LogP contribution in [0.15, 0.2) is 24.3 Å². The Kier molecular flexibility index (Phi) is 1.84. The number of aryl methyl sites for hydroxylation is 1. The molecule has 1 atom stereocenters. The van der Waals surface area contributed by atoms with Gasteiger partial charge in [0.1, 0.15) is 6.10 Å². The van der Waals surface area contributed by atoms with Crippen molar-refractivity contribution in [2.45, 2.75) is 24.9 Å². The van der Waals surface area contributed by atoms with Crippen molar-refractivity contribution in [3.8, 4) is 0 Å². The van der Waals surface area contributed by atoms with Crippen LogP contribution in [0.1, 0.15) is 23.7 Å². The lowest BCUT2D eigenvalue weighted by Gasteiger charge is -2.29. The molecule has 0 bridgehead atoms. The number of hydrogen-bond acceptors (Lipinski definition) is 1. The van der Waals surface area contributed by atoms with Gasteiger partial charge >= 0.3 is 0 Å². The Labute approximate surface area is 75.0 Å². The van der Waals surface area contributed by atoms with Crippen molar-refractivity contribution < 1.29 is 13.9 Å². The zero-order valence-corrected chi connectivity index (χ0v) is 7.00. The molecule has 3 heteroatoms. The Morgan fingerprint density at radius 3 is 2.77 bits per heavy atom. The Morgan fingerprint density at radius 1 is 1.31 bits per heavy atom. The van der Waals surface area contributed by atoms with Gasteiger partial charge in [-0.05, 0) is 17.5 Å². The van der Waals surface area contributed by atoms with Gasteiger partial charge in [0.05, 0.1) is 0 Å². The lowest BCUT2D eigenvalue weighted by atomic mass is 9.87. The summed E-state index contributed by atoms with van der Waals surface area (Å²) in [5.41, 5.74) is 1.21. The van der Waals surface area contributed by atoms with Gasteiger partial charge in [0.15, 0.2) is 0 Å². The molecule has 0 saturated heterocycles. The molecule has 1 N–H and O–H groups in total. The molecule has 2 rings (SSSR count). The summed E-state index contributed by atoms with van der Waals surface area (Å²) in [4.78, 5) is 0. The van der Waals surface area contributed by atoms with Gasteiger partial charge in [0.25, 0.3) is 5.92 Å². The van der Waals surface area contributed by atoms with Crippen LogP contribution < -0.4 is 0 Å². The van der Waals surface area contributed by atoms with Gasteiger partial charge in [-0.1, -0.05) is 24.3 Å². The van der Waals surface area contributed by atoms with Crippen LogP contribution in [0.5, 0.6) is 0 Å². The van der Waals surface area contributed by atoms with Gasteiger partial charge in [0, 0.05) is 6.42 Å². The molecule has 0 aliphatic heterocycles. The number of rotatable bonds is 0. The minimum Gasteiger partial charge on any atom is -0.382 e. The second kappa shape index (κ2) is 2.77. The molecule has 0 heterocycles. The van der Waals surface area contributed by atoms with Gasteiger partial charge in [-0.3, -0.25) is 0 Å². The van der Waals surface area contributed by atoms with E-state index in [-0.39, 0.29) is 6.42 Å². The zero-order valence-electron chi connectivity index (χ0n) is 7.00. The molecule has 0 amide bonds. The summed E-state index contributed by atoms with van der Waals surface area (Å²) in [6, 6.07) is 6.82. The highest BCUT2D eigenvalue weighted by molar-refractivity contribution is 5.33. The van der Waals surface area contributed by atoms with Gasteiger partial charge in [-0.2, -0.15) is 0 Å². The maximum atomic E-state index is 13.0. The normalized spacial score (nSPS) is 25.3. The first-order valence-electron chi connectivity index (χ1n) is 4.25. The molecule has 1 aromatic carbocycles. The molecule has 0 fully saturated rings. The van der Waals surface area contributed by atoms with Crippen LogP contribution in [0.4, 0.5) is 8.78 Å². The summed E-state index contributed by atoms with van der Waals surface area (Å²) < 4.78 is 26.1. The fourth-order valence-corrected chi connectivity index (χ4v) is 1.69. The molecule has 1 aliphatic rings. The molecule has 0 saturated carbocycles. The van der Waals surface area contributed by atoms with E-state index in [4.69, 9.17) is 0 Å². The molecule has 0 aromatic heterocycles. The van der Waals surface area contributed by atoms with E-state index < -0.39 is 12.0 Å². The van der Waals surface area contributed by atoms with Crippen molar-refractivity contribution in [1.82, 2.24) is 0 Å². The van der Waals surface area contributed by atoms with E-state index in [1.54, 1.807) is 24.3 Å². The third kappa shape index (κ3) is 1.33. The van der Waals surface area contributed by atoms with E-state index in [2.05, 4.69) is 0 Å². The molecule has 1 unspecified atom stereocenters. The third-order valence-corrected chi connectivity index (χ3v) is 2.48. The first-order chi connectivity index (χ1) is 6.11. The second-order valence-corrected chi connectivity index (χ2v) is 3.36. The van der Waals surface area contributed by atoms with Crippen LogP contribution in [-0.4, -0.2) is 11.0 Å². The summed E-state index contributed by atoms with van der Waals surface area (Å²) in [7, 11) is 0. The standard InChI is InChI=1S/C10H10F2O/c11-10(12)6-5-7-3-1-2-4-8(7)9(10)13/h1-4,9,13H,5-6H2. The number of aliphatic hydroxyl groups is 1. The summed E-state index contributed by atoms with van der Waals surface area (Å²) in [6.45, 7) is 0. The van der Waals surface area contributed by atoms with E-state index in [0.29, 0.717) is 12.0 Å². The van der Waals surface area contributed by atoms with Gasteiger partial charge in [0.2, 0.25) is 0 Å². The first-order valence-corrected chi connectivity index (χ1v) is 4.25. The summed E-state index contributed by atoms with van der Waals surface area (Å²) in [5.74, 6) is -2.96. The minimum absolute atomic E-state index is 0.259. The molecular weight excluding hydrogens is 174 g/mol. The SMILES string of the molecule is OC1c2ccccc2CCC1(F)F. The van der Waals surface area contributed by atoms with Crippen LogP contribution in [0.2, 0.25) is 0 Å². The highest BCUT2D eigenvalue weighted by atomic mass is 19.3. The molecule has 70 valence electrons. The van der Waals surface area contributed by atoms with Crippen LogP contribution in [0, 0.1) is 0 Å². The Morgan fingerprint density at radius 2 is 2.00 bits per heavy atom. The van der Waals surface area contributed by atoms with Crippen molar-refractivity contribution in [3.63, 3.8) is 0 Å². The molecule has 13 heavy (non-hydrogen) atoms. The summed E-state index contributed by atoms with van der Waals surface area (Å²) in [6.07, 6.45) is -1.54. The van der Waals surface area contributed by atoms with Gasteiger partial charge in [-0.25, -0.2) is 8.78 Å². The third-order valence-electron chi connectivity index (χ3n) is 2.48. The average Bonchev–Trinajstić information content (AvgIpc) is 2.13. The number of hydrogen-bond donors (Lipinski definition) is 1. The molecular formula is C10H10F2O. The van der Waals surface area contributed by atoms with Gasteiger partial charge in [-0.15, -0.1) is 0 Å². The highest BCUT2D eigenvalue weighted by Crippen LogP contribution is 2.40. The van der Waals surface area contributed by atoms with E-state index in [0.717, 1.165) is 5.56 Å². The van der Waals surface area contributed by atoms with Crippen molar-refractivity contribution in [1.29, 1.82) is 0 Å². The quantitative estimate of drug-likeness (QED) is 0.656.